The van der Waals surface area contributed by atoms with Gasteiger partial charge in [-0.3, -0.25) is 9.59 Å². The predicted molar refractivity (Wildman–Crippen MR) is 126 cm³/mol. The largest absolute Gasteiger partial charge is 0.481 e. The molecule has 0 saturated carbocycles. The number of aliphatic carboxylic acids is 1. The molecule has 0 aliphatic carbocycles. The van der Waals surface area contributed by atoms with Gasteiger partial charge in [0.25, 0.3) is 0 Å². The van der Waals surface area contributed by atoms with Crippen LogP contribution in [-0.2, 0) is 16.0 Å². The number of amides is 1. The number of hydrogen-bond acceptors (Lipinski definition) is 3. The Bertz CT molecular complexity index is 876. The number of unbranched alkanes of at least 4 members (excludes halogenated alkanes) is 2. The van der Waals surface area contributed by atoms with Crippen molar-refractivity contribution >= 4 is 35.4 Å². The molecule has 5 heteroatoms. The van der Waals surface area contributed by atoms with Crippen molar-refractivity contribution in [3.63, 3.8) is 0 Å². The van der Waals surface area contributed by atoms with Crippen LogP contribution in [0.25, 0.3) is 6.08 Å². The van der Waals surface area contributed by atoms with Gasteiger partial charge in [0.1, 0.15) is 0 Å². The fourth-order valence-corrected chi connectivity index (χ4v) is 4.06. The Morgan fingerprint density at radius 1 is 1.10 bits per heavy atom. The Morgan fingerprint density at radius 3 is 2.63 bits per heavy atom. The second-order valence-electron chi connectivity index (χ2n) is 7.31. The second-order valence-corrected chi connectivity index (χ2v) is 8.45. The summed E-state index contributed by atoms with van der Waals surface area (Å²) < 4.78 is 0. The number of carboxylic acid groups (broad SMARTS) is 1. The van der Waals surface area contributed by atoms with E-state index in [1.807, 2.05) is 30.3 Å². The van der Waals surface area contributed by atoms with Gasteiger partial charge in [-0.25, -0.2) is 0 Å². The Morgan fingerprint density at radius 2 is 1.90 bits per heavy atom. The molecule has 0 aliphatic rings. The highest BCUT2D eigenvalue weighted by Crippen LogP contribution is 2.28. The minimum atomic E-state index is -0.786. The van der Waals surface area contributed by atoms with Crippen LogP contribution >= 0.6 is 11.8 Å². The molecule has 0 spiro atoms. The molecule has 0 radical (unpaired) electrons. The van der Waals surface area contributed by atoms with E-state index in [0.717, 1.165) is 22.6 Å². The number of carbonyl (C=O) groups is 2. The van der Waals surface area contributed by atoms with Gasteiger partial charge in [0.15, 0.2) is 0 Å². The maximum atomic E-state index is 12.4. The van der Waals surface area contributed by atoms with Gasteiger partial charge < -0.3 is 10.4 Å². The smallest absolute Gasteiger partial charge is 0.303 e. The fraction of sp³-hybridized carbons (Fsp3) is 0.360. The van der Waals surface area contributed by atoms with E-state index in [-0.39, 0.29) is 12.3 Å². The van der Waals surface area contributed by atoms with Gasteiger partial charge in [0.2, 0.25) is 5.91 Å². The number of aryl methyl sites for hydroxylation is 2. The highest BCUT2D eigenvalue weighted by molar-refractivity contribution is 7.99. The molecule has 2 rings (SSSR count). The molecule has 2 aromatic carbocycles. The van der Waals surface area contributed by atoms with Crippen LogP contribution in [0.1, 0.15) is 55.7 Å². The van der Waals surface area contributed by atoms with Gasteiger partial charge in [-0.15, -0.1) is 11.8 Å². The van der Waals surface area contributed by atoms with Crippen molar-refractivity contribution in [2.24, 2.45) is 0 Å². The van der Waals surface area contributed by atoms with Crippen molar-refractivity contribution in [2.75, 3.05) is 11.1 Å². The predicted octanol–water partition coefficient (Wildman–Crippen LogP) is 6.34. The molecule has 160 valence electrons. The van der Waals surface area contributed by atoms with Crippen LogP contribution < -0.4 is 5.32 Å². The summed E-state index contributed by atoms with van der Waals surface area (Å²) in [6.45, 7) is 4.28. The summed E-state index contributed by atoms with van der Waals surface area (Å²) >= 11 is 1.56. The first-order valence-corrected chi connectivity index (χ1v) is 11.5. The summed E-state index contributed by atoms with van der Waals surface area (Å²) in [5.74, 6) is -0.273. The minimum absolute atomic E-state index is 0.154. The third-order valence-electron chi connectivity index (χ3n) is 4.75. The third kappa shape index (κ3) is 8.46. The van der Waals surface area contributed by atoms with E-state index in [1.165, 1.54) is 30.4 Å². The number of carbonyl (C=O) groups excluding carboxylic acids is 1. The maximum Gasteiger partial charge on any atom is 0.303 e. The van der Waals surface area contributed by atoms with Crippen LogP contribution in [0.2, 0.25) is 0 Å². The first kappa shape index (κ1) is 23.7. The molecule has 0 bridgehead atoms. The van der Waals surface area contributed by atoms with E-state index in [4.69, 9.17) is 5.11 Å². The SMILES string of the molecule is CCCCCc1ccc(C=CC(=O)Nc2ccccc2SCCCC(=O)O)c(C)c1. The lowest BCUT2D eigenvalue weighted by molar-refractivity contribution is -0.137. The van der Waals surface area contributed by atoms with E-state index >= 15 is 0 Å². The molecule has 1 amide bonds. The van der Waals surface area contributed by atoms with Crippen LogP contribution in [0.15, 0.2) is 53.4 Å². The van der Waals surface area contributed by atoms with Crippen molar-refractivity contribution < 1.29 is 14.7 Å². The number of hydrogen-bond donors (Lipinski definition) is 2. The van der Waals surface area contributed by atoms with Crippen molar-refractivity contribution in [3.8, 4) is 0 Å². The lowest BCUT2D eigenvalue weighted by Crippen LogP contribution is -2.08. The van der Waals surface area contributed by atoms with Gasteiger partial charge >= 0.3 is 5.97 Å². The monoisotopic (exact) mass is 425 g/mol. The molecule has 0 atom stereocenters. The number of nitrogens with one attached hydrogen (secondary N) is 1. The molecule has 0 aliphatic heterocycles. The van der Waals surface area contributed by atoms with Crippen LogP contribution in [0.5, 0.6) is 0 Å². The molecule has 4 nitrogen and oxygen atoms in total. The van der Waals surface area contributed by atoms with E-state index in [2.05, 4.69) is 37.4 Å². The highest BCUT2D eigenvalue weighted by Gasteiger charge is 2.06. The summed E-state index contributed by atoms with van der Waals surface area (Å²) in [5.41, 5.74) is 4.30. The number of carboxylic acids is 1. The minimum Gasteiger partial charge on any atom is -0.481 e. The fourth-order valence-electron chi connectivity index (χ4n) is 3.10. The van der Waals surface area contributed by atoms with Gasteiger partial charge in [-0.2, -0.15) is 0 Å². The Kier molecular flexibility index (Phi) is 10.2. The lowest BCUT2D eigenvalue weighted by atomic mass is 10.0. The van der Waals surface area contributed by atoms with E-state index in [1.54, 1.807) is 17.8 Å². The van der Waals surface area contributed by atoms with Crippen LogP contribution in [-0.4, -0.2) is 22.7 Å². The summed E-state index contributed by atoms with van der Waals surface area (Å²) in [6, 6.07) is 14.0. The van der Waals surface area contributed by atoms with Gasteiger partial charge in [0.05, 0.1) is 5.69 Å². The number of rotatable bonds is 12. The zero-order valence-corrected chi connectivity index (χ0v) is 18.6. The van der Waals surface area contributed by atoms with Crippen molar-refractivity contribution in [1.29, 1.82) is 0 Å². The number of para-hydroxylation sites is 1. The zero-order valence-electron chi connectivity index (χ0n) is 17.8. The summed E-state index contributed by atoms with van der Waals surface area (Å²) in [6.07, 6.45) is 8.94. The molecular weight excluding hydrogens is 394 g/mol. The summed E-state index contributed by atoms with van der Waals surface area (Å²) in [5, 5.41) is 11.7. The van der Waals surface area contributed by atoms with Crippen LogP contribution in [0.3, 0.4) is 0 Å². The summed E-state index contributed by atoms with van der Waals surface area (Å²) in [7, 11) is 0. The molecule has 30 heavy (non-hydrogen) atoms. The molecule has 0 unspecified atom stereocenters. The first-order valence-electron chi connectivity index (χ1n) is 10.5. The lowest BCUT2D eigenvalue weighted by Gasteiger charge is -2.09. The van der Waals surface area contributed by atoms with Crippen molar-refractivity contribution in [2.45, 2.75) is 57.3 Å². The average molecular weight is 426 g/mol. The van der Waals surface area contributed by atoms with Crippen LogP contribution in [0.4, 0.5) is 5.69 Å². The number of benzene rings is 2. The van der Waals surface area contributed by atoms with Gasteiger partial charge in [-0.05, 0) is 66.8 Å². The normalized spacial score (nSPS) is 11.0. The molecule has 0 aromatic heterocycles. The molecule has 2 aromatic rings. The second kappa shape index (κ2) is 12.9. The van der Waals surface area contributed by atoms with E-state index in [0.29, 0.717) is 12.2 Å². The zero-order chi connectivity index (χ0) is 21.8. The van der Waals surface area contributed by atoms with Crippen LogP contribution in [0, 0.1) is 6.92 Å². The number of anilines is 1. The molecular formula is C25H31NO3S. The van der Waals surface area contributed by atoms with Crippen molar-refractivity contribution in [3.05, 3.63) is 65.2 Å². The molecule has 2 N–H and O–H groups in total. The van der Waals surface area contributed by atoms with E-state index < -0.39 is 5.97 Å². The molecule has 0 fully saturated rings. The standard InChI is InChI=1S/C25H31NO3S/c1-3-4-5-9-20-13-14-21(19(2)18-20)15-16-24(27)26-22-10-6-7-11-23(22)30-17-8-12-25(28)29/h6-7,10-11,13-16,18H,3-5,8-9,12,17H2,1-2H3,(H,26,27)(H,28,29). The van der Waals surface area contributed by atoms with Gasteiger partial charge in [0, 0.05) is 17.4 Å². The van der Waals surface area contributed by atoms with Gasteiger partial charge in [-0.1, -0.05) is 50.1 Å². The first-order chi connectivity index (χ1) is 14.5. The van der Waals surface area contributed by atoms with Crippen molar-refractivity contribution in [1.82, 2.24) is 0 Å². The molecule has 0 saturated heterocycles. The van der Waals surface area contributed by atoms with E-state index in [9.17, 15) is 9.59 Å². The maximum absolute atomic E-state index is 12.4. The molecule has 0 heterocycles. The Balaban J connectivity index is 1.94. The third-order valence-corrected chi connectivity index (χ3v) is 5.91. The topological polar surface area (TPSA) is 66.4 Å². The summed E-state index contributed by atoms with van der Waals surface area (Å²) in [4.78, 5) is 24.0. The quantitative estimate of drug-likeness (QED) is 0.237. The number of thioether (sulfide) groups is 1. The Hall–Kier alpha value is -2.53. The Labute approximate surface area is 183 Å². The highest BCUT2D eigenvalue weighted by atomic mass is 32.2. The average Bonchev–Trinajstić information content (AvgIpc) is 2.72.